The topological polar surface area (TPSA) is 80.2 Å². The first kappa shape index (κ1) is 30.2. The van der Waals surface area contributed by atoms with Gasteiger partial charge in [-0.05, 0) is 92.6 Å². The summed E-state index contributed by atoms with van der Waals surface area (Å²) in [6, 6.07) is 20.9. The molecule has 222 valence electrons. The molecule has 0 saturated heterocycles. The molecule has 0 fully saturated rings. The molecule has 1 N–H and O–H groups in total. The summed E-state index contributed by atoms with van der Waals surface area (Å²) in [4.78, 5) is 26.3. The Bertz CT molecular complexity index is 1700. The van der Waals surface area contributed by atoms with Gasteiger partial charge < -0.3 is 15.0 Å². The zero-order valence-corrected chi connectivity index (χ0v) is 26.5. The van der Waals surface area contributed by atoms with E-state index in [1.54, 1.807) is 0 Å². The van der Waals surface area contributed by atoms with Gasteiger partial charge >= 0.3 is 0 Å². The minimum Gasteiger partial charge on any atom is -0.475 e. The Morgan fingerprint density at radius 1 is 0.953 bits per heavy atom. The molecular weight excluding hydrogens is 554 g/mol. The molecule has 0 unspecified atom stereocenters. The lowest BCUT2D eigenvalue weighted by atomic mass is 9.94. The molecule has 2 aromatic carbocycles. The molecule has 1 amide bonds. The average molecular weight is 594 g/mol. The molecule has 0 atom stereocenters. The lowest BCUT2D eigenvalue weighted by Gasteiger charge is -2.31. The maximum atomic E-state index is 10.1. The van der Waals surface area contributed by atoms with Crippen molar-refractivity contribution in [3.05, 3.63) is 94.8 Å². The van der Waals surface area contributed by atoms with Gasteiger partial charge in [0.15, 0.2) is 5.13 Å². The zero-order chi connectivity index (χ0) is 30.5. The fourth-order valence-electron chi connectivity index (χ4n) is 5.39. The van der Waals surface area contributed by atoms with E-state index >= 15 is 0 Å². The van der Waals surface area contributed by atoms with E-state index in [1.807, 2.05) is 44.3 Å². The molecule has 0 saturated carbocycles. The summed E-state index contributed by atoms with van der Waals surface area (Å²) in [5.41, 5.74) is 9.72. The van der Waals surface area contributed by atoms with Crippen LogP contribution in [0.3, 0.4) is 0 Å². The molecule has 4 heterocycles. The molecule has 0 spiro atoms. The van der Waals surface area contributed by atoms with E-state index in [2.05, 4.69) is 84.3 Å². The number of anilines is 2. The summed E-state index contributed by atoms with van der Waals surface area (Å²) < 4.78 is 7.02. The highest BCUT2D eigenvalue weighted by Gasteiger charge is 2.22. The van der Waals surface area contributed by atoms with Crippen molar-refractivity contribution in [1.82, 2.24) is 15.0 Å². The summed E-state index contributed by atoms with van der Waals surface area (Å²) >= 11 is 1.47. The second-order valence-electron chi connectivity index (χ2n) is 11.3. The van der Waals surface area contributed by atoms with E-state index in [1.165, 1.54) is 33.6 Å². The minimum atomic E-state index is 0.0944. The van der Waals surface area contributed by atoms with Crippen LogP contribution in [0.15, 0.2) is 66.9 Å². The van der Waals surface area contributed by atoms with Gasteiger partial charge in [0.05, 0.1) is 22.0 Å². The Morgan fingerprint density at radius 3 is 2.51 bits per heavy atom. The summed E-state index contributed by atoms with van der Waals surface area (Å²) in [6.07, 6.45) is 3.63. The normalized spacial score (nSPS) is 12.6. The Morgan fingerprint density at radius 2 is 1.77 bits per heavy atom. The van der Waals surface area contributed by atoms with E-state index in [4.69, 9.17) is 9.72 Å². The molecule has 5 aromatic rings. The lowest BCUT2D eigenvalue weighted by molar-refractivity contribution is -0.105. The largest absolute Gasteiger partial charge is 0.475 e. The number of thiazole rings is 1. The van der Waals surface area contributed by atoms with E-state index in [0.717, 1.165) is 52.4 Å². The van der Waals surface area contributed by atoms with Gasteiger partial charge in [-0.15, -0.1) is 0 Å². The number of carbonyl (C=O) groups is 1. The van der Waals surface area contributed by atoms with Crippen LogP contribution in [-0.4, -0.2) is 34.0 Å². The van der Waals surface area contributed by atoms with Crippen molar-refractivity contribution in [2.24, 2.45) is 0 Å². The van der Waals surface area contributed by atoms with Crippen molar-refractivity contribution in [3.8, 4) is 17.0 Å². The molecule has 43 heavy (non-hydrogen) atoms. The predicted octanol–water partition coefficient (Wildman–Crippen LogP) is 8.10. The van der Waals surface area contributed by atoms with Crippen molar-refractivity contribution < 1.29 is 9.53 Å². The van der Waals surface area contributed by atoms with E-state index in [9.17, 15) is 4.79 Å². The third-order valence-electron chi connectivity index (χ3n) is 7.56. The fraction of sp³-hybridized carbons (Fsp3) is 0.314. The fourth-order valence-corrected chi connectivity index (χ4v) is 6.21. The first-order valence-electron chi connectivity index (χ1n) is 14.8. The van der Waals surface area contributed by atoms with E-state index in [0.29, 0.717) is 23.3 Å². The van der Waals surface area contributed by atoms with E-state index in [-0.39, 0.29) is 6.10 Å². The number of nitrogens with zero attached hydrogens (tertiary/aromatic N) is 4. The number of para-hydroxylation sites is 1. The van der Waals surface area contributed by atoms with Crippen LogP contribution in [0.25, 0.3) is 21.3 Å². The maximum Gasteiger partial charge on any atom is 0.217 e. The number of fused-ring (bicyclic) bond motifs is 2. The van der Waals surface area contributed by atoms with Crippen LogP contribution < -0.4 is 15.0 Å². The monoisotopic (exact) mass is 593 g/mol. The van der Waals surface area contributed by atoms with Crippen LogP contribution in [0.5, 0.6) is 5.88 Å². The maximum absolute atomic E-state index is 10.1. The van der Waals surface area contributed by atoms with Gasteiger partial charge in [-0.1, -0.05) is 55.5 Å². The number of aromatic nitrogens is 3. The zero-order valence-electron chi connectivity index (χ0n) is 25.7. The third kappa shape index (κ3) is 6.86. The first-order chi connectivity index (χ1) is 20.7. The van der Waals surface area contributed by atoms with Gasteiger partial charge in [0.2, 0.25) is 12.3 Å². The van der Waals surface area contributed by atoms with Gasteiger partial charge in [-0.2, -0.15) is 0 Å². The molecule has 0 bridgehead atoms. The first-order valence-corrected chi connectivity index (χ1v) is 15.6. The SMILES string of the molecule is Cc1cccc2c1CN(c1ccc(-c3ccnc(OC(C)C)c3C)c(C(C)C)n1)CC2.O=CNc1nc2ccccc2s1. The molecule has 7 nitrogen and oxygen atoms in total. The molecule has 0 aliphatic carbocycles. The Hall–Kier alpha value is -4.30. The number of rotatable bonds is 7. The van der Waals surface area contributed by atoms with Crippen LogP contribution in [0.2, 0.25) is 0 Å². The smallest absolute Gasteiger partial charge is 0.217 e. The van der Waals surface area contributed by atoms with Crippen LogP contribution in [0.4, 0.5) is 10.9 Å². The highest BCUT2D eigenvalue weighted by Crippen LogP contribution is 2.35. The molecule has 6 rings (SSSR count). The lowest BCUT2D eigenvalue weighted by Crippen LogP contribution is -2.31. The molecule has 1 aliphatic heterocycles. The van der Waals surface area contributed by atoms with Gasteiger partial charge in [-0.25, -0.2) is 15.0 Å². The van der Waals surface area contributed by atoms with Crippen LogP contribution >= 0.6 is 11.3 Å². The predicted molar refractivity (Wildman–Crippen MR) is 177 cm³/mol. The number of ether oxygens (including phenoxy) is 1. The number of hydrogen-bond donors (Lipinski definition) is 1. The third-order valence-corrected chi connectivity index (χ3v) is 8.53. The van der Waals surface area contributed by atoms with Gasteiger partial charge in [0.25, 0.3) is 0 Å². The number of carbonyl (C=O) groups excluding carboxylic acids is 1. The summed E-state index contributed by atoms with van der Waals surface area (Å²) in [5, 5.41) is 3.17. The Kier molecular flexibility index (Phi) is 9.36. The number of pyridine rings is 2. The molecular formula is C35H39N5O2S. The Labute approximate surface area is 258 Å². The molecule has 8 heteroatoms. The highest BCUT2D eigenvalue weighted by atomic mass is 32.1. The number of hydrogen-bond acceptors (Lipinski definition) is 7. The number of benzene rings is 2. The van der Waals surface area contributed by atoms with Crippen molar-refractivity contribution in [1.29, 1.82) is 0 Å². The van der Waals surface area contributed by atoms with Crippen molar-refractivity contribution in [3.63, 3.8) is 0 Å². The summed E-state index contributed by atoms with van der Waals surface area (Å²) in [7, 11) is 0. The van der Waals surface area contributed by atoms with Crippen LogP contribution in [-0.2, 0) is 17.8 Å². The second kappa shape index (κ2) is 13.3. The minimum absolute atomic E-state index is 0.0944. The highest BCUT2D eigenvalue weighted by molar-refractivity contribution is 7.22. The summed E-state index contributed by atoms with van der Waals surface area (Å²) in [6.45, 7) is 14.7. The summed E-state index contributed by atoms with van der Waals surface area (Å²) in [5.74, 6) is 2.08. The standard InChI is InChI=1S/C27H33N3O.C8H6N2OS/c1-17(2)26-23(22-12-14-28-27(20(22)6)31-18(3)4)10-11-25(29-26)30-15-13-21-9-7-8-19(5)24(21)16-30;11-5-9-8-10-6-3-1-2-4-7(6)12-8/h7-12,14,17-18H,13,15-16H2,1-6H3;1-5H,(H,9,10,11). The second-order valence-corrected chi connectivity index (χ2v) is 12.4. The number of nitrogens with one attached hydrogen (secondary N) is 1. The van der Waals surface area contributed by atoms with Crippen LogP contribution in [0, 0.1) is 13.8 Å². The number of aryl methyl sites for hydroxylation is 1. The molecule has 3 aromatic heterocycles. The molecule has 1 aliphatic rings. The quantitative estimate of drug-likeness (QED) is 0.192. The van der Waals surface area contributed by atoms with E-state index < -0.39 is 0 Å². The van der Waals surface area contributed by atoms with Crippen LogP contribution in [0.1, 0.15) is 61.6 Å². The van der Waals surface area contributed by atoms with Crippen molar-refractivity contribution in [2.45, 2.75) is 66.5 Å². The van der Waals surface area contributed by atoms with Gasteiger partial charge in [-0.3, -0.25) is 4.79 Å². The van der Waals surface area contributed by atoms with Crippen molar-refractivity contribution >= 4 is 38.9 Å². The molecule has 0 radical (unpaired) electrons. The van der Waals surface area contributed by atoms with Crippen molar-refractivity contribution in [2.75, 3.05) is 16.8 Å². The number of amides is 1. The average Bonchev–Trinajstić information content (AvgIpc) is 3.41. The van der Waals surface area contributed by atoms with Gasteiger partial charge in [0.1, 0.15) is 5.82 Å². The van der Waals surface area contributed by atoms with Gasteiger partial charge in [0, 0.05) is 30.4 Å². The Balaban J connectivity index is 0.000000255.